The summed E-state index contributed by atoms with van der Waals surface area (Å²) < 4.78 is 11.2. The van der Waals surface area contributed by atoms with Gasteiger partial charge in [-0.15, -0.1) is 0 Å². The highest BCUT2D eigenvalue weighted by Gasteiger charge is 2.27. The monoisotopic (exact) mass is 368 g/mol. The lowest BCUT2D eigenvalue weighted by atomic mass is 9.94. The van der Waals surface area contributed by atoms with Crippen molar-refractivity contribution >= 4 is 17.7 Å². The highest BCUT2D eigenvalue weighted by molar-refractivity contribution is 6.29. The van der Waals surface area contributed by atoms with Crippen molar-refractivity contribution in [2.24, 2.45) is 5.92 Å². The highest BCUT2D eigenvalue weighted by Crippen LogP contribution is 2.23. The van der Waals surface area contributed by atoms with Crippen LogP contribution in [0.4, 0.5) is 4.79 Å². The first-order valence-electron chi connectivity index (χ1n) is 8.99. The Morgan fingerprint density at radius 3 is 2.88 bits per heavy atom. The van der Waals surface area contributed by atoms with Crippen LogP contribution in [0.3, 0.4) is 0 Å². The van der Waals surface area contributed by atoms with Crippen molar-refractivity contribution < 1.29 is 14.3 Å². The molecule has 1 aromatic rings. The first kappa shape index (κ1) is 20.0. The first-order valence-corrected chi connectivity index (χ1v) is 9.37. The molecule has 5 nitrogen and oxygen atoms in total. The van der Waals surface area contributed by atoms with E-state index in [-0.39, 0.29) is 6.09 Å². The number of rotatable bonds is 6. The minimum Gasteiger partial charge on any atom is -0.444 e. The number of amides is 1. The molecule has 1 fully saturated rings. The Labute approximate surface area is 155 Å². The van der Waals surface area contributed by atoms with Crippen molar-refractivity contribution in [1.82, 2.24) is 9.88 Å². The summed E-state index contributed by atoms with van der Waals surface area (Å²) in [5.41, 5.74) is 0.590. The van der Waals surface area contributed by atoms with Gasteiger partial charge < -0.3 is 14.4 Å². The van der Waals surface area contributed by atoms with Gasteiger partial charge in [-0.1, -0.05) is 17.7 Å². The number of hydrogen-bond donors (Lipinski definition) is 0. The molecule has 1 aliphatic heterocycles. The Morgan fingerprint density at radius 1 is 1.40 bits per heavy atom. The molecule has 0 saturated carbocycles. The van der Waals surface area contributed by atoms with E-state index in [0.717, 1.165) is 37.9 Å². The molecule has 140 valence electrons. The second kappa shape index (κ2) is 9.39. The van der Waals surface area contributed by atoms with Crippen molar-refractivity contribution in [3.63, 3.8) is 0 Å². The molecule has 25 heavy (non-hydrogen) atoms. The van der Waals surface area contributed by atoms with Gasteiger partial charge in [0.25, 0.3) is 0 Å². The van der Waals surface area contributed by atoms with E-state index in [1.165, 1.54) is 6.42 Å². The van der Waals surface area contributed by atoms with E-state index < -0.39 is 5.60 Å². The predicted molar refractivity (Wildman–Crippen MR) is 98.7 cm³/mol. The molecule has 1 amide bonds. The number of piperidine rings is 1. The van der Waals surface area contributed by atoms with Crippen molar-refractivity contribution in [1.29, 1.82) is 0 Å². The summed E-state index contributed by atoms with van der Waals surface area (Å²) in [6.07, 6.45) is 5.82. The number of hydrogen-bond acceptors (Lipinski definition) is 4. The largest absolute Gasteiger partial charge is 0.444 e. The van der Waals surface area contributed by atoms with Gasteiger partial charge in [0.15, 0.2) is 0 Å². The molecule has 6 heteroatoms. The van der Waals surface area contributed by atoms with E-state index in [9.17, 15) is 4.79 Å². The van der Waals surface area contributed by atoms with Crippen LogP contribution in [0.5, 0.6) is 0 Å². The summed E-state index contributed by atoms with van der Waals surface area (Å²) in [6.45, 7) is 8.56. The average molecular weight is 369 g/mol. The Morgan fingerprint density at radius 2 is 2.20 bits per heavy atom. The van der Waals surface area contributed by atoms with Gasteiger partial charge in [-0.05, 0) is 64.0 Å². The number of pyridine rings is 1. The fourth-order valence-corrected chi connectivity index (χ4v) is 3.06. The van der Waals surface area contributed by atoms with Crippen LogP contribution in [0.15, 0.2) is 18.3 Å². The summed E-state index contributed by atoms with van der Waals surface area (Å²) in [4.78, 5) is 18.1. The second-order valence-corrected chi connectivity index (χ2v) is 8.01. The quantitative estimate of drug-likeness (QED) is 0.540. The molecule has 1 aromatic heterocycles. The molecule has 2 rings (SSSR count). The van der Waals surface area contributed by atoms with Crippen LogP contribution >= 0.6 is 11.6 Å². The second-order valence-electron chi connectivity index (χ2n) is 7.62. The van der Waals surface area contributed by atoms with Gasteiger partial charge in [0.1, 0.15) is 10.8 Å². The number of carbonyl (C=O) groups is 1. The SMILES string of the molecule is CC(C)(C)OC(=O)N1CCC[C@H](CCCOCc2ccc(Cl)nc2)C1. The third kappa shape index (κ3) is 7.61. The third-order valence-corrected chi connectivity index (χ3v) is 4.35. The minimum atomic E-state index is -0.436. The zero-order valence-corrected chi connectivity index (χ0v) is 16.2. The molecular weight excluding hydrogens is 340 g/mol. The molecular formula is C19H29ClN2O3. The fraction of sp³-hybridized carbons (Fsp3) is 0.684. The Balaban J connectivity index is 1.63. The molecule has 0 bridgehead atoms. The first-order chi connectivity index (χ1) is 11.8. The Hall–Kier alpha value is -1.33. The van der Waals surface area contributed by atoms with Crippen LogP contribution in [-0.4, -0.2) is 41.3 Å². The van der Waals surface area contributed by atoms with Crippen LogP contribution in [-0.2, 0) is 16.1 Å². The van der Waals surface area contributed by atoms with Gasteiger partial charge in [0.2, 0.25) is 0 Å². The number of carbonyl (C=O) groups excluding carboxylic acids is 1. The van der Waals surface area contributed by atoms with Crippen molar-refractivity contribution in [2.75, 3.05) is 19.7 Å². The predicted octanol–water partition coefficient (Wildman–Crippen LogP) is 4.68. The summed E-state index contributed by atoms with van der Waals surface area (Å²) in [5.74, 6) is 0.530. The maximum atomic E-state index is 12.2. The zero-order valence-electron chi connectivity index (χ0n) is 15.5. The number of ether oxygens (including phenoxy) is 2. The van der Waals surface area contributed by atoms with E-state index in [1.54, 1.807) is 12.3 Å². The Kier molecular flexibility index (Phi) is 7.51. The third-order valence-electron chi connectivity index (χ3n) is 4.13. The van der Waals surface area contributed by atoms with Crippen LogP contribution in [0.1, 0.15) is 52.0 Å². The number of aromatic nitrogens is 1. The van der Waals surface area contributed by atoms with E-state index in [1.807, 2.05) is 31.7 Å². The summed E-state index contributed by atoms with van der Waals surface area (Å²) in [5, 5.41) is 0.496. The van der Waals surface area contributed by atoms with E-state index in [2.05, 4.69) is 4.98 Å². The number of nitrogens with zero attached hydrogens (tertiary/aromatic N) is 2. The molecule has 0 aliphatic carbocycles. The lowest BCUT2D eigenvalue weighted by molar-refractivity contribution is 0.0155. The molecule has 1 saturated heterocycles. The molecule has 0 radical (unpaired) electrons. The van der Waals surface area contributed by atoms with Gasteiger partial charge in [-0.3, -0.25) is 0 Å². The van der Waals surface area contributed by atoms with Gasteiger partial charge in [-0.25, -0.2) is 9.78 Å². The topological polar surface area (TPSA) is 51.7 Å². The van der Waals surface area contributed by atoms with Gasteiger partial charge >= 0.3 is 6.09 Å². The van der Waals surface area contributed by atoms with E-state index >= 15 is 0 Å². The number of halogens is 1. The van der Waals surface area contributed by atoms with Crippen molar-refractivity contribution in [3.05, 3.63) is 29.0 Å². The fourth-order valence-electron chi connectivity index (χ4n) is 2.95. The molecule has 1 atom stereocenters. The molecule has 2 heterocycles. The standard InChI is InChI=1S/C19H29ClN2O3/c1-19(2,3)25-18(23)22-10-4-6-15(13-22)7-5-11-24-14-16-8-9-17(20)21-12-16/h8-9,12,15H,4-7,10-11,13-14H2,1-3H3/t15-/m1/s1. The summed E-state index contributed by atoms with van der Waals surface area (Å²) in [7, 11) is 0. The molecule has 0 spiro atoms. The lowest BCUT2D eigenvalue weighted by Gasteiger charge is -2.34. The minimum absolute atomic E-state index is 0.191. The van der Waals surface area contributed by atoms with Gasteiger partial charge in [0.05, 0.1) is 6.61 Å². The van der Waals surface area contributed by atoms with Crippen molar-refractivity contribution in [2.45, 2.75) is 58.7 Å². The average Bonchev–Trinajstić information content (AvgIpc) is 2.55. The van der Waals surface area contributed by atoms with Crippen LogP contribution < -0.4 is 0 Å². The van der Waals surface area contributed by atoms with Crippen LogP contribution in [0.2, 0.25) is 5.15 Å². The number of likely N-dealkylation sites (tertiary alicyclic amines) is 1. The normalized spacial score (nSPS) is 18.2. The smallest absolute Gasteiger partial charge is 0.410 e. The van der Waals surface area contributed by atoms with E-state index in [0.29, 0.717) is 24.3 Å². The highest BCUT2D eigenvalue weighted by atomic mass is 35.5. The summed E-state index contributed by atoms with van der Waals surface area (Å²) in [6, 6.07) is 3.70. The van der Waals surface area contributed by atoms with Gasteiger partial charge in [-0.2, -0.15) is 0 Å². The molecule has 0 aromatic carbocycles. The Bertz CT molecular complexity index is 543. The maximum Gasteiger partial charge on any atom is 0.410 e. The molecule has 0 unspecified atom stereocenters. The van der Waals surface area contributed by atoms with Crippen LogP contribution in [0.25, 0.3) is 0 Å². The lowest BCUT2D eigenvalue weighted by Crippen LogP contribution is -2.42. The maximum absolute atomic E-state index is 12.2. The summed E-state index contributed by atoms with van der Waals surface area (Å²) >= 11 is 5.76. The van der Waals surface area contributed by atoms with E-state index in [4.69, 9.17) is 21.1 Å². The molecule has 1 aliphatic rings. The van der Waals surface area contributed by atoms with Crippen molar-refractivity contribution in [3.8, 4) is 0 Å². The van der Waals surface area contributed by atoms with Gasteiger partial charge in [0, 0.05) is 25.9 Å². The van der Waals surface area contributed by atoms with Crippen LogP contribution in [0, 0.1) is 5.92 Å². The zero-order chi connectivity index (χ0) is 18.3. The molecule has 0 N–H and O–H groups in total.